The van der Waals surface area contributed by atoms with Crippen LogP contribution in [0.15, 0.2) is 0 Å². The van der Waals surface area contributed by atoms with Crippen molar-refractivity contribution in [3.05, 3.63) is 0 Å². The van der Waals surface area contributed by atoms with Gasteiger partial charge in [-0.25, -0.2) is 4.79 Å². The number of aliphatic hydroxyl groups excluding tert-OH is 1. The molecule has 3 atom stereocenters. The van der Waals surface area contributed by atoms with Gasteiger partial charge in [-0.1, -0.05) is 6.42 Å². The van der Waals surface area contributed by atoms with E-state index in [0.29, 0.717) is 19.2 Å². The van der Waals surface area contributed by atoms with Crippen molar-refractivity contribution in [2.45, 2.75) is 50.7 Å². The Morgan fingerprint density at radius 1 is 1.37 bits per heavy atom. The lowest BCUT2D eigenvalue weighted by atomic mass is 10.1. The number of hydrogen-bond donors (Lipinski definition) is 2. The van der Waals surface area contributed by atoms with Crippen molar-refractivity contribution in [3.63, 3.8) is 0 Å². The van der Waals surface area contributed by atoms with E-state index in [9.17, 15) is 9.90 Å². The first-order valence-corrected chi connectivity index (χ1v) is 7.45. The molecule has 1 aliphatic carbocycles. The second kappa shape index (κ2) is 7.10. The van der Waals surface area contributed by atoms with Crippen LogP contribution in [0, 0.1) is 5.92 Å². The number of carbonyl (C=O) groups is 1. The summed E-state index contributed by atoms with van der Waals surface area (Å²) in [6.07, 6.45) is 6.20. The summed E-state index contributed by atoms with van der Waals surface area (Å²) in [5.41, 5.74) is 0. The predicted octanol–water partition coefficient (Wildman–Crippen LogP) is 1.36. The van der Waals surface area contributed by atoms with Crippen LogP contribution in [0.3, 0.4) is 0 Å². The molecule has 0 bridgehead atoms. The van der Waals surface area contributed by atoms with E-state index in [4.69, 9.17) is 4.74 Å². The van der Waals surface area contributed by atoms with E-state index in [1.807, 2.05) is 0 Å². The van der Waals surface area contributed by atoms with E-state index >= 15 is 0 Å². The minimum atomic E-state index is -0.234. The summed E-state index contributed by atoms with van der Waals surface area (Å²) in [7, 11) is 1.80. The van der Waals surface area contributed by atoms with E-state index in [-0.39, 0.29) is 18.1 Å². The zero-order valence-electron chi connectivity index (χ0n) is 11.8. The molecule has 110 valence electrons. The minimum Gasteiger partial charge on any atom is -0.393 e. The minimum absolute atomic E-state index is 0.0444. The van der Waals surface area contributed by atoms with Gasteiger partial charge in [-0.2, -0.15) is 0 Å². The highest BCUT2D eigenvalue weighted by atomic mass is 16.5. The molecule has 5 heteroatoms. The van der Waals surface area contributed by atoms with Crippen LogP contribution >= 0.6 is 0 Å². The van der Waals surface area contributed by atoms with Gasteiger partial charge >= 0.3 is 6.03 Å². The SMILES string of the molecule is CN(C[C@@H]1CCC[C@@H]1O)C(=O)NCC[C@@H]1CCCO1. The Morgan fingerprint density at radius 3 is 2.84 bits per heavy atom. The third kappa shape index (κ3) is 4.35. The van der Waals surface area contributed by atoms with Crippen LogP contribution < -0.4 is 5.32 Å². The summed E-state index contributed by atoms with van der Waals surface area (Å²) < 4.78 is 5.52. The summed E-state index contributed by atoms with van der Waals surface area (Å²) in [6.45, 7) is 2.17. The maximum atomic E-state index is 11.9. The zero-order valence-corrected chi connectivity index (χ0v) is 11.8. The Hall–Kier alpha value is -0.810. The van der Waals surface area contributed by atoms with Crippen molar-refractivity contribution in [1.82, 2.24) is 10.2 Å². The van der Waals surface area contributed by atoms with Crippen molar-refractivity contribution in [2.24, 2.45) is 5.92 Å². The molecular weight excluding hydrogens is 244 g/mol. The predicted molar refractivity (Wildman–Crippen MR) is 73.0 cm³/mol. The summed E-state index contributed by atoms with van der Waals surface area (Å²) >= 11 is 0. The lowest BCUT2D eigenvalue weighted by Crippen LogP contribution is -2.41. The van der Waals surface area contributed by atoms with Gasteiger partial charge < -0.3 is 20.1 Å². The number of urea groups is 1. The molecule has 0 spiro atoms. The Morgan fingerprint density at radius 2 is 2.21 bits per heavy atom. The standard InChI is InChI=1S/C14H26N2O3/c1-16(10-11-4-2-6-13(11)17)14(18)15-8-7-12-5-3-9-19-12/h11-13,17H,2-10H2,1H3,(H,15,18)/t11-,12-,13-/m0/s1. The number of carbonyl (C=O) groups excluding carboxylic acids is 1. The van der Waals surface area contributed by atoms with Crippen molar-refractivity contribution >= 4 is 6.03 Å². The van der Waals surface area contributed by atoms with Crippen LogP contribution in [0.5, 0.6) is 0 Å². The summed E-state index contributed by atoms with van der Waals surface area (Å²) in [5.74, 6) is 0.244. The number of nitrogens with zero attached hydrogens (tertiary/aromatic N) is 1. The lowest BCUT2D eigenvalue weighted by Gasteiger charge is -2.23. The molecule has 0 radical (unpaired) electrons. The molecule has 0 unspecified atom stereocenters. The Labute approximate surface area is 115 Å². The van der Waals surface area contributed by atoms with Crippen LogP contribution in [-0.4, -0.2) is 55.0 Å². The lowest BCUT2D eigenvalue weighted by molar-refractivity contribution is 0.103. The van der Waals surface area contributed by atoms with Gasteiger partial charge in [0.05, 0.1) is 12.2 Å². The van der Waals surface area contributed by atoms with Gasteiger partial charge in [-0.3, -0.25) is 0 Å². The molecule has 0 aromatic carbocycles. The molecule has 1 aliphatic heterocycles. The van der Waals surface area contributed by atoms with Crippen LogP contribution in [-0.2, 0) is 4.74 Å². The highest BCUT2D eigenvalue weighted by molar-refractivity contribution is 5.73. The van der Waals surface area contributed by atoms with Crippen LogP contribution in [0.1, 0.15) is 38.5 Å². The molecule has 2 amide bonds. The molecule has 1 saturated carbocycles. The average Bonchev–Trinajstić information content (AvgIpc) is 3.02. The molecule has 1 heterocycles. The maximum Gasteiger partial charge on any atom is 0.317 e. The normalized spacial score (nSPS) is 30.5. The highest BCUT2D eigenvalue weighted by Crippen LogP contribution is 2.25. The van der Waals surface area contributed by atoms with Gasteiger partial charge in [0, 0.05) is 32.7 Å². The van der Waals surface area contributed by atoms with Crippen molar-refractivity contribution in [1.29, 1.82) is 0 Å². The Kier molecular flexibility index (Phi) is 5.45. The number of ether oxygens (including phenoxy) is 1. The molecule has 2 fully saturated rings. The Bertz CT molecular complexity index is 292. The molecule has 2 rings (SSSR count). The number of rotatable bonds is 5. The monoisotopic (exact) mass is 270 g/mol. The largest absolute Gasteiger partial charge is 0.393 e. The number of amides is 2. The van der Waals surface area contributed by atoms with E-state index in [0.717, 1.165) is 45.1 Å². The second-order valence-electron chi connectivity index (χ2n) is 5.79. The zero-order chi connectivity index (χ0) is 13.7. The number of aliphatic hydroxyl groups is 1. The molecule has 2 N–H and O–H groups in total. The quantitative estimate of drug-likeness (QED) is 0.793. The second-order valence-corrected chi connectivity index (χ2v) is 5.79. The first-order valence-electron chi connectivity index (χ1n) is 7.45. The molecule has 1 saturated heterocycles. The van der Waals surface area contributed by atoms with Gasteiger partial charge in [-0.15, -0.1) is 0 Å². The van der Waals surface area contributed by atoms with Gasteiger partial charge in [0.2, 0.25) is 0 Å². The summed E-state index contributed by atoms with van der Waals surface area (Å²) in [5, 5.41) is 12.7. The summed E-state index contributed by atoms with van der Waals surface area (Å²) in [4.78, 5) is 13.6. The maximum absolute atomic E-state index is 11.9. The third-order valence-electron chi connectivity index (χ3n) is 4.24. The highest BCUT2D eigenvalue weighted by Gasteiger charge is 2.27. The van der Waals surface area contributed by atoms with Gasteiger partial charge in [0.1, 0.15) is 0 Å². The first kappa shape index (κ1) is 14.6. The molecule has 5 nitrogen and oxygen atoms in total. The van der Waals surface area contributed by atoms with Gasteiger partial charge in [-0.05, 0) is 32.1 Å². The van der Waals surface area contributed by atoms with Crippen LogP contribution in [0.2, 0.25) is 0 Å². The smallest absolute Gasteiger partial charge is 0.317 e. The van der Waals surface area contributed by atoms with E-state index in [1.165, 1.54) is 0 Å². The van der Waals surface area contributed by atoms with Crippen LogP contribution in [0.4, 0.5) is 4.79 Å². The molecule has 2 aliphatic rings. The number of hydrogen-bond acceptors (Lipinski definition) is 3. The van der Waals surface area contributed by atoms with Crippen molar-refractivity contribution in [2.75, 3.05) is 26.7 Å². The Balaban J connectivity index is 1.61. The van der Waals surface area contributed by atoms with Crippen molar-refractivity contribution < 1.29 is 14.6 Å². The fourth-order valence-corrected chi connectivity index (χ4v) is 3.01. The molecule has 0 aromatic heterocycles. The fourth-order valence-electron chi connectivity index (χ4n) is 3.01. The number of nitrogens with one attached hydrogen (secondary N) is 1. The fraction of sp³-hybridized carbons (Fsp3) is 0.929. The first-order chi connectivity index (χ1) is 9.16. The van der Waals surface area contributed by atoms with Crippen LogP contribution in [0.25, 0.3) is 0 Å². The summed E-state index contributed by atoms with van der Waals surface area (Å²) in [6, 6.07) is -0.0444. The average molecular weight is 270 g/mol. The molecule has 19 heavy (non-hydrogen) atoms. The topological polar surface area (TPSA) is 61.8 Å². The van der Waals surface area contributed by atoms with Crippen molar-refractivity contribution in [3.8, 4) is 0 Å². The van der Waals surface area contributed by atoms with Gasteiger partial charge in [0.25, 0.3) is 0 Å². The van der Waals surface area contributed by atoms with E-state index in [2.05, 4.69) is 5.32 Å². The third-order valence-corrected chi connectivity index (χ3v) is 4.24. The van der Waals surface area contributed by atoms with E-state index in [1.54, 1.807) is 11.9 Å². The van der Waals surface area contributed by atoms with Gasteiger partial charge in [0.15, 0.2) is 0 Å². The van der Waals surface area contributed by atoms with E-state index < -0.39 is 0 Å². The molecular formula is C14H26N2O3. The molecule has 0 aromatic rings.